The molecule has 3 N–H and O–H groups in total. The third-order valence-corrected chi connectivity index (χ3v) is 4.64. The summed E-state index contributed by atoms with van der Waals surface area (Å²) in [5.41, 5.74) is 1.73. The Kier molecular flexibility index (Phi) is 10.2. The topological polar surface area (TPSA) is 106 Å². The van der Waals surface area contributed by atoms with Crippen LogP contribution in [-0.2, 0) is 16.2 Å². The van der Waals surface area contributed by atoms with Crippen molar-refractivity contribution in [2.24, 2.45) is 15.9 Å². The zero-order valence-electron chi connectivity index (χ0n) is 18.4. The van der Waals surface area contributed by atoms with Crippen molar-refractivity contribution in [3.8, 4) is 0 Å². The lowest BCUT2D eigenvalue weighted by Gasteiger charge is -2.13. The Morgan fingerprint density at radius 1 is 1.25 bits per heavy atom. The Morgan fingerprint density at radius 3 is 2.81 bits per heavy atom. The lowest BCUT2D eigenvalue weighted by atomic mass is 10.1. The van der Waals surface area contributed by atoms with Gasteiger partial charge in [0.1, 0.15) is 11.6 Å². The van der Waals surface area contributed by atoms with Crippen molar-refractivity contribution >= 4 is 29.5 Å². The van der Waals surface area contributed by atoms with E-state index in [9.17, 15) is 14.0 Å². The molecule has 0 aromatic heterocycles. The number of halogens is 1. The first-order chi connectivity index (χ1) is 15.4. The van der Waals surface area contributed by atoms with Crippen LogP contribution in [-0.4, -0.2) is 29.8 Å². The molecule has 1 aliphatic rings. The Morgan fingerprint density at radius 2 is 2.06 bits per heavy atom. The molecule has 170 valence electrons. The zero-order chi connectivity index (χ0) is 23.3. The molecule has 7 nitrogen and oxygen atoms in total. The molecule has 32 heavy (non-hydrogen) atoms. The normalized spacial score (nSPS) is 16.1. The molecule has 1 unspecified atom stereocenters. The number of benzene rings is 1. The molecule has 1 amide bonds. The van der Waals surface area contributed by atoms with Crippen molar-refractivity contribution in [2.45, 2.75) is 52.1 Å². The average molecular weight is 441 g/mol. The molecule has 1 aromatic rings. The molecule has 0 saturated carbocycles. The number of unbranched alkanes of at least 4 members (excludes halogenated alkanes) is 2. The summed E-state index contributed by atoms with van der Waals surface area (Å²) in [5.74, 6) is 4.90. The first kappa shape index (κ1) is 24.9. The van der Waals surface area contributed by atoms with Crippen LogP contribution in [0.15, 0.2) is 64.4 Å². The number of nitrogens with one attached hydrogen (secondary N) is 1. The summed E-state index contributed by atoms with van der Waals surface area (Å²) in [6, 6.07) is 4.82. The number of nitrogens with two attached hydrogens (primary N) is 1. The minimum atomic E-state index is -0.441. The molecule has 1 aliphatic carbocycles. The number of ketones is 1. The summed E-state index contributed by atoms with van der Waals surface area (Å²) >= 11 is 0. The smallest absolute Gasteiger partial charge is 0.254 e. The number of hydrogen-bond acceptors (Lipinski definition) is 6. The standard InChI is InChI=1S/C24H29FN4O3/c1-17(30)7-4-3-5-14-27-23-15-19(16-28-18(2)32-26)10-13-22(23)24(31)29-21-9-6-8-20(25)11-12-21/h6,8-15,21H,3-5,7,16,26H2,1-2H3,(H,29,31). The van der Waals surface area contributed by atoms with Gasteiger partial charge in [0.2, 0.25) is 5.90 Å². The first-order valence-electron chi connectivity index (χ1n) is 10.4. The van der Waals surface area contributed by atoms with Gasteiger partial charge in [-0.2, -0.15) is 5.90 Å². The van der Waals surface area contributed by atoms with E-state index in [-0.39, 0.29) is 17.5 Å². The van der Waals surface area contributed by atoms with Gasteiger partial charge in [-0.1, -0.05) is 24.3 Å². The summed E-state index contributed by atoms with van der Waals surface area (Å²) in [7, 11) is 0. The van der Waals surface area contributed by atoms with E-state index >= 15 is 0 Å². The van der Waals surface area contributed by atoms with Gasteiger partial charge in [-0.15, -0.1) is 0 Å². The van der Waals surface area contributed by atoms with Gasteiger partial charge >= 0.3 is 0 Å². The molecule has 0 fully saturated rings. The highest BCUT2D eigenvalue weighted by atomic mass is 19.1. The van der Waals surface area contributed by atoms with Crippen LogP contribution in [0.3, 0.4) is 0 Å². The quantitative estimate of drug-likeness (QED) is 0.243. The van der Waals surface area contributed by atoms with E-state index in [4.69, 9.17) is 5.90 Å². The summed E-state index contributed by atoms with van der Waals surface area (Å²) in [6.45, 7) is 3.55. The van der Waals surface area contributed by atoms with Crippen LogP contribution in [0, 0.1) is 0 Å². The fourth-order valence-electron chi connectivity index (χ4n) is 2.89. The third kappa shape index (κ3) is 8.77. The van der Waals surface area contributed by atoms with Crippen LogP contribution < -0.4 is 11.2 Å². The van der Waals surface area contributed by atoms with Crippen molar-refractivity contribution in [2.75, 3.05) is 0 Å². The molecule has 1 atom stereocenters. The second-order valence-corrected chi connectivity index (χ2v) is 7.36. The zero-order valence-corrected chi connectivity index (χ0v) is 18.4. The minimum Gasteiger partial charge on any atom is -0.397 e. The van der Waals surface area contributed by atoms with Gasteiger partial charge in [-0.25, -0.2) is 9.38 Å². The Balaban J connectivity index is 2.16. The second kappa shape index (κ2) is 13.1. The molecule has 8 heteroatoms. The van der Waals surface area contributed by atoms with Gasteiger partial charge in [-0.3, -0.25) is 9.79 Å². The van der Waals surface area contributed by atoms with Crippen LogP contribution in [0.5, 0.6) is 0 Å². The van der Waals surface area contributed by atoms with E-state index in [0.29, 0.717) is 36.5 Å². The lowest BCUT2D eigenvalue weighted by Crippen LogP contribution is -2.32. The lowest BCUT2D eigenvalue weighted by molar-refractivity contribution is -0.117. The van der Waals surface area contributed by atoms with Crippen LogP contribution in [0.1, 0.15) is 55.5 Å². The number of nitrogens with zero attached hydrogens (tertiary/aromatic N) is 2. The van der Waals surface area contributed by atoms with Crippen LogP contribution in [0.2, 0.25) is 0 Å². The Hall–Kier alpha value is -3.39. The number of carbonyl (C=O) groups excluding carboxylic acids is 2. The average Bonchev–Trinajstić information content (AvgIpc) is 2.98. The fraction of sp³-hybridized carbons (Fsp3) is 0.333. The van der Waals surface area contributed by atoms with Gasteiger partial charge in [0.15, 0.2) is 0 Å². The molecule has 0 aliphatic heterocycles. The number of rotatable bonds is 10. The van der Waals surface area contributed by atoms with Gasteiger partial charge in [0.25, 0.3) is 5.91 Å². The highest BCUT2D eigenvalue weighted by molar-refractivity contribution is 6.00. The van der Waals surface area contributed by atoms with Crippen LogP contribution >= 0.6 is 0 Å². The van der Waals surface area contributed by atoms with Gasteiger partial charge in [0.05, 0.1) is 23.8 Å². The van der Waals surface area contributed by atoms with Crippen LogP contribution in [0.25, 0.3) is 0 Å². The molecular weight excluding hydrogens is 411 g/mol. The van der Waals surface area contributed by atoms with Crippen molar-refractivity contribution in [3.05, 3.63) is 65.5 Å². The van der Waals surface area contributed by atoms with E-state index in [0.717, 1.165) is 18.4 Å². The predicted molar refractivity (Wildman–Crippen MR) is 125 cm³/mol. The number of carbonyl (C=O) groups is 2. The molecular formula is C24H29FN4O3. The summed E-state index contributed by atoms with van der Waals surface area (Å²) in [6.07, 6.45) is 12.1. The molecule has 0 saturated heterocycles. The fourth-order valence-corrected chi connectivity index (χ4v) is 2.89. The highest BCUT2D eigenvalue weighted by Crippen LogP contribution is 2.22. The first-order valence-corrected chi connectivity index (χ1v) is 10.4. The molecule has 0 spiro atoms. The molecule has 0 bridgehead atoms. The summed E-state index contributed by atoms with van der Waals surface area (Å²) < 4.78 is 13.4. The number of allylic oxidation sites excluding steroid dienone is 4. The number of Topliss-reactive ketones (excluding diaryl/α,β-unsaturated/α-hetero) is 1. The molecule has 0 heterocycles. The van der Waals surface area contributed by atoms with E-state index < -0.39 is 6.04 Å². The second-order valence-electron chi connectivity index (χ2n) is 7.36. The largest absolute Gasteiger partial charge is 0.397 e. The molecule has 2 rings (SSSR count). The molecule has 1 aromatic carbocycles. The Labute approximate surface area is 187 Å². The van der Waals surface area contributed by atoms with E-state index in [1.165, 1.54) is 12.2 Å². The van der Waals surface area contributed by atoms with E-state index in [1.54, 1.807) is 56.5 Å². The van der Waals surface area contributed by atoms with Gasteiger partial charge in [0, 0.05) is 19.6 Å². The van der Waals surface area contributed by atoms with Crippen molar-refractivity contribution < 1.29 is 18.8 Å². The van der Waals surface area contributed by atoms with Crippen molar-refractivity contribution in [1.29, 1.82) is 0 Å². The third-order valence-electron chi connectivity index (χ3n) is 4.64. The monoisotopic (exact) mass is 440 g/mol. The maximum absolute atomic E-state index is 13.4. The summed E-state index contributed by atoms with van der Waals surface area (Å²) in [4.78, 5) is 37.2. The van der Waals surface area contributed by atoms with Crippen LogP contribution in [0.4, 0.5) is 10.1 Å². The maximum atomic E-state index is 13.4. The molecule has 0 radical (unpaired) electrons. The number of amides is 1. The maximum Gasteiger partial charge on any atom is 0.254 e. The predicted octanol–water partition coefficient (Wildman–Crippen LogP) is 4.42. The highest BCUT2D eigenvalue weighted by Gasteiger charge is 2.15. The van der Waals surface area contributed by atoms with Gasteiger partial charge < -0.3 is 14.9 Å². The van der Waals surface area contributed by atoms with E-state index in [2.05, 4.69) is 20.1 Å². The number of hydrogen-bond donors (Lipinski definition) is 2. The SMILES string of the molecule is CC(=O)CCCCC=Nc1cc(CN=C(C)ON)ccc1C(=O)NC1C=CC=C(F)C=C1. The minimum absolute atomic E-state index is 0.169. The van der Waals surface area contributed by atoms with Gasteiger partial charge in [-0.05, 0) is 56.0 Å². The summed E-state index contributed by atoms with van der Waals surface area (Å²) in [5, 5.41) is 2.85. The Bertz CT molecular complexity index is 964. The van der Waals surface area contributed by atoms with Crippen molar-refractivity contribution in [1.82, 2.24) is 5.32 Å². The van der Waals surface area contributed by atoms with E-state index in [1.807, 2.05) is 0 Å². The number of aliphatic imine (C=N–C) groups is 2. The van der Waals surface area contributed by atoms with Crippen molar-refractivity contribution in [3.63, 3.8) is 0 Å².